The van der Waals surface area contributed by atoms with Crippen LogP contribution in [0.4, 0.5) is 0 Å². The van der Waals surface area contributed by atoms with Crippen molar-refractivity contribution < 1.29 is 14.3 Å². The zero-order valence-electron chi connectivity index (χ0n) is 14.7. The summed E-state index contributed by atoms with van der Waals surface area (Å²) in [5.41, 5.74) is 2.01. The van der Waals surface area contributed by atoms with Crippen LogP contribution in [0.5, 0.6) is 11.5 Å². The minimum atomic E-state index is -0.0186. The second-order valence-electron chi connectivity index (χ2n) is 6.20. The zero-order chi connectivity index (χ0) is 17.8. The number of carbonyl (C=O) groups excluding carboxylic acids is 1. The maximum atomic E-state index is 12.2. The first kappa shape index (κ1) is 20.4. The molecular formula is C19H22Cl2N2O3. The average molecular weight is 397 g/mol. The third-order valence-electron chi connectivity index (χ3n) is 4.18. The fourth-order valence-electron chi connectivity index (χ4n) is 2.78. The van der Waals surface area contributed by atoms with Gasteiger partial charge in [-0.05, 0) is 49.5 Å². The van der Waals surface area contributed by atoms with E-state index in [9.17, 15) is 4.79 Å². The Labute approximate surface area is 164 Å². The van der Waals surface area contributed by atoms with Crippen LogP contribution in [-0.2, 0) is 11.2 Å². The fourth-order valence-corrected chi connectivity index (χ4v) is 2.91. The molecule has 0 radical (unpaired) electrons. The van der Waals surface area contributed by atoms with Crippen LogP contribution in [0.1, 0.15) is 17.2 Å². The van der Waals surface area contributed by atoms with Crippen LogP contribution in [-0.4, -0.2) is 38.2 Å². The lowest BCUT2D eigenvalue weighted by Crippen LogP contribution is -2.35. The number of likely N-dealkylation sites (N-methyl/N-ethyl adjacent to an activating group) is 1. The Kier molecular flexibility index (Phi) is 7.14. The first-order valence-electron chi connectivity index (χ1n) is 8.10. The summed E-state index contributed by atoms with van der Waals surface area (Å²) in [7, 11) is 3.97. The van der Waals surface area contributed by atoms with Crippen molar-refractivity contribution >= 4 is 29.9 Å². The van der Waals surface area contributed by atoms with Crippen LogP contribution in [0.25, 0.3) is 0 Å². The Balaban J connectivity index is 0.00000243. The molecule has 0 spiro atoms. The molecule has 7 heteroatoms. The largest absolute Gasteiger partial charge is 0.454 e. The number of hydrogen-bond acceptors (Lipinski definition) is 4. The molecule has 3 rings (SSSR count). The van der Waals surface area contributed by atoms with Gasteiger partial charge in [0.2, 0.25) is 12.7 Å². The Morgan fingerprint density at radius 2 is 1.85 bits per heavy atom. The van der Waals surface area contributed by atoms with E-state index in [0.717, 1.165) is 22.6 Å². The highest BCUT2D eigenvalue weighted by Crippen LogP contribution is 2.34. The van der Waals surface area contributed by atoms with Crippen molar-refractivity contribution in [3.63, 3.8) is 0 Å². The smallest absolute Gasteiger partial charge is 0.231 e. The van der Waals surface area contributed by atoms with Crippen molar-refractivity contribution in [1.82, 2.24) is 10.2 Å². The summed E-state index contributed by atoms with van der Waals surface area (Å²) in [6.07, 6.45) is 0.332. The summed E-state index contributed by atoms with van der Waals surface area (Å²) in [6.45, 7) is 0.766. The van der Waals surface area contributed by atoms with E-state index in [2.05, 4.69) is 10.2 Å². The summed E-state index contributed by atoms with van der Waals surface area (Å²) in [6, 6.07) is 13.2. The lowest BCUT2D eigenvalue weighted by Gasteiger charge is -2.25. The number of hydrogen-bond donors (Lipinski definition) is 1. The van der Waals surface area contributed by atoms with Crippen molar-refractivity contribution in [2.45, 2.75) is 12.5 Å². The standard InChI is InChI=1S/C19H21ClN2O3.ClH/c1-22(2)16(14-5-8-17-18(10-14)25-12-24-17)11-21-19(23)9-13-3-6-15(20)7-4-13;/h3-8,10,16H,9,11-12H2,1-2H3,(H,21,23);1H. The van der Waals surface area contributed by atoms with Gasteiger partial charge >= 0.3 is 0 Å². The van der Waals surface area contributed by atoms with E-state index < -0.39 is 0 Å². The van der Waals surface area contributed by atoms with Crippen LogP contribution in [0, 0.1) is 0 Å². The highest BCUT2D eigenvalue weighted by atomic mass is 35.5. The normalized spacial score (nSPS) is 13.2. The number of halogens is 2. The number of nitrogens with zero attached hydrogens (tertiary/aromatic N) is 1. The minimum Gasteiger partial charge on any atom is -0.454 e. The van der Waals surface area contributed by atoms with E-state index in [4.69, 9.17) is 21.1 Å². The number of fused-ring (bicyclic) bond motifs is 1. The molecule has 0 aliphatic carbocycles. The van der Waals surface area contributed by atoms with Crippen molar-refractivity contribution in [3.05, 3.63) is 58.6 Å². The van der Waals surface area contributed by atoms with Crippen LogP contribution in [0.2, 0.25) is 5.02 Å². The quantitative estimate of drug-likeness (QED) is 0.812. The second kappa shape index (κ2) is 9.12. The van der Waals surface area contributed by atoms with Gasteiger partial charge in [-0.15, -0.1) is 12.4 Å². The Morgan fingerprint density at radius 1 is 1.15 bits per heavy atom. The molecule has 1 aliphatic rings. The summed E-state index contributed by atoms with van der Waals surface area (Å²) in [5, 5.41) is 3.67. The topological polar surface area (TPSA) is 50.8 Å². The molecule has 0 saturated carbocycles. The first-order valence-corrected chi connectivity index (χ1v) is 8.48. The van der Waals surface area contributed by atoms with Gasteiger partial charge in [0.25, 0.3) is 0 Å². The van der Waals surface area contributed by atoms with E-state index in [1.807, 2.05) is 44.4 Å². The molecule has 5 nitrogen and oxygen atoms in total. The number of benzene rings is 2. The number of nitrogens with one attached hydrogen (secondary N) is 1. The molecule has 1 atom stereocenters. The lowest BCUT2D eigenvalue weighted by atomic mass is 10.0. The molecule has 1 unspecified atom stereocenters. The van der Waals surface area contributed by atoms with Gasteiger partial charge in [0.15, 0.2) is 11.5 Å². The molecule has 0 aromatic heterocycles. The van der Waals surface area contributed by atoms with Gasteiger partial charge < -0.3 is 19.7 Å². The summed E-state index contributed by atoms with van der Waals surface area (Å²) in [5.74, 6) is 1.49. The minimum absolute atomic E-state index is 0. The molecular weight excluding hydrogens is 375 g/mol. The Morgan fingerprint density at radius 3 is 2.54 bits per heavy atom. The highest BCUT2D eigenvalue weighted by Gasteiger charge is 2.20. The fraction of sp³-hybridized carbons (Fsp3) is 0.316. The molecule has 1 N–H and O–H groups in total. The molecule has 2 aromatic carbocycles. The number of rotatable bonds is 6. The predicted molar refractivity (Wildman–Crippen MR) is 104 cm³/mol. The van der Waals surface area contributed by atoms with Crippen LogP contribution < -0.4 is 14.8 Å². The van der Waals surface area contributed by atoms with Crippen LogP contribution in [0.3, 0.4) is 0 Å². The average Bonchev–Trinajstić information content (AvgIpc) is 3.04. The SMILES string of the molecule is CN(C)C(CNC(=O)Cc1ccc(Cl)cc1)c1ccc2c(c1)OCO2.Cl. The van der Waals surface area contributed by atoms with Gasteiger partial charge in [0.1, 0.15) is 0 Å². The van der Waals surface area contributed by atoms with Crippen molar-refractivity contribution in [2.75, 3.05) is 27.4 Å². The van der Waals surface area contributed by atoms with Gasteiger partial charge in [-0.25, -0.2) is 0 Å². The van der Waals surface area contributed by atoms with E-state index in [1.54, 1.807) is 12.1 Å². The van der Waals surface area contributed by atoms with Gasteiger partial charge in [-0.3, -0.25) is 4.79 Å². The van der Waals surface area contributed by atoms with Gasteiger partial charge in [-0.2, -0.15) is 0 Å². The van der Waals surface area contributed by atoms with Gasteiger partial charge in [0, 0.05) is 11.6 Å². The Hall–Kier alpha value is -1.95. The van der Waals surface area contributed by atoms with E-state index >= 15 is 0 Å². The third kappa shape index (κ3) is 5.04. The number of amides is 1. The van der Waals surface area contributed by atoms with Crippen LogP contribution >= 0.6 is 24.0 Å². The van der Waals surface area contributed by atoms with Crippen molar-refractivity contribution in [1.29, 1.82) is 0 Å². The van der Waals surface area contributed by atoms with E-state index in [0.29, 0.717) is 18.0 Å². The summed E-state index contributed by atoms with van der Waals surface area (Å²) < 4.78 is 10.8. The Bertz CT molecular complexity index is 751. The zero-order valence-corrected chi connectivity index (χ0v) is 16.3. The summed E-state index contributed by atoms with van der Waals surface area (Å²) >= 11 is 5.87. The molecule has 26 heavy (non-hydrogen) atoms. The maximum absolute atomic E-state index is 12.2. The van der Waals surface area contributed by atoms with E-state index in [1.165, 1.54) is 0 Å². The highest BCUT2D eigenvalue weighted by molar-refractivity contribution is 6.30. The van der Waals surface area contributed by atoms with Gasteiger partial charge in [-0.1, -0.05) is 29.8 Å². The molecule has 0 saturated heterocycles. The number of ether oxygens (including phenoxy) is 2. The molecule has 140 valence electrons. The van der Waals surface area contributed by atoms with Crippen molar-refractivity contribution in [3.8, 4) is 11.5 Å². The molecule has 2 aromatic rings. The molecule has 0 fully saturated rings. The first-order chi connectivity index (χ1) is 12.0. The monoisotopic (exact) mass is 396 g/mol. The maximum Gasteiger partial charge on any atom is 0.231 e. The molecule has 1 heterocycles. The lowest BCUT2D eigenvalue weighted by molar-refractivity contribution is -0.120. The molecule has 1 amide bonds. The van der Waals surface area contributed by atoms with Gasteiger partial charge in [0.05, 0.1) is 12.5 Å². The number of carbonyl (C=O) groups is 1. The van der Waals surface area contributed by atoms with E-state index in [-0.39, 0.29) is 31.1 Å². The molecule has 1 aliphatic heterocycles. The predicted octanol–water partition coefficient (Wildman–Crippen LogP) is 3.45. The summed E-state index contributed by atoms with van der Waals surface area (Å²) in [4.78, 5) is 14.3. The molecule has 0 bridgehead atoms. The van der Waals surface area contributed by atoms with Crippen molar-refractivity contribution in [2.24, 2.45) is 0 Å². The third-order valence-corrected chi connectivity index (χ3v) is 4.43. The second-order valence-corrected chi connectivity index (χ2v) is 6.64. The van der Waals surface area contributed by atoms with Crippen LogP contribution in [0.15, 0.2) is 42.5 Å².